The molecule has 2 aromatic carbocycles. The molecule has 0 N–H and O–H groups in total. The average Bonchev–Trinajstić information content (AvgIpc) is 3.44. The predicted molar refractivity (Wildman–Crippen MR) is 119 cm³/mol. The molecule has 0 atom stereocenters. The highest BCUT2D eigenvalue weighted by atomic mass is 32.2. The van der Waals surface area contributed by atoms with Gasteiger partial charge in [-0.25, -0.2) is 4.98 Å². The summed E-state index contributed by atoms with van der Waals surface area (Å²) in [7, 11) is 1.68. The molecule has 0 spiro atoms. The summed E-state index contributed by atoms with van der Waals surface area (Å²) in [5.74, 6) is 2.51. The predicted octanol–water partition coefficient (Wildman–Crippen LogP) is 5.51. The fourth-order valence-corrected chi connectivity index (χ4v) is 4.60. The molecule has 0 saturated carbocycles. The lowest BCUT2D eigenvalue weighted by atomic mass is 10.1. The third kappa shape index (κ3) is 4.68. The first kappa shape index (κ1) is 19.7. The van der Waals surface area contributed by atoms with Crippen LogP contribution >= 0.6 is 23.1 Å². The second kappa shape index (κ2) is 9.71. The number of aromatic nitrogens is 4. The molecule has 0 saturated heterocycles. The maximum absolute atomic E-state index is 5.59. The number of thioether (sulfide) groups is 1. The Hall–Kier alpha value is -2.64. The first-order valence-corrected chi connectivity index (χ1v) is 11.4. The highest BCUT2D eigenvalue weighted by Crippen LogP contribution is 2.32. The summed E-state index contributed by atoms with van der Waals surface area (Å²) in [5.41, 5.74) is 4.95. The molecule has 0 radical (unpaired) electrons. The van der Waals surface area contributed by atoms with Crippen molar-refractivity contribution in [2.45, 2.75) is 24.4 Å². The van der Waals surface area contributed by atoms with Crippen molar-refractivity contribution in [3.05, 3.63) is 71.1 Å². The monoisotopic (exact) mass is 422 g/mol. The fraction of sp³-hybridized carbons (Fsp3) is 0.227. The van der Waals surface area contributed by atoms with E-state index < -0.39 is 0 Å². The normalized spacial score (nSPS) is 10.9. The SMILES string of the molecule is COc1ccccc1-n1c(SCCCCc2ccccc2)nnc1-c1cscn1. The molecule has 0 amide bonds. The number of thiazole rings is 1. The first-order valence-electron chi connectivity index (χ1n) is 9.51. The molecule has 0 aliphatic carbocycles. The van der Waals surface area contributed by atoms with Gasteiger partial charge in [-0.05, 0) is 37.0 Å². The molecule has 0 aliphatic heterocycles. The largest absolute Gasteiger partial charge is 0.495 e. The molecular formula is C22H22N4OS2. The Balaban J connectivity index is 1.51. The zero-order valence-electron chi connectivity index (χ0n) is 16.2. The van der Waals surface area contributed by atoms with E-state index in [9.17, 15) is 0 Å². The molecule has 0 unspecified atom stereocenters. The smallest absolute Gasteiger partial charge is 0.196 e. The van der Waals surface area contributed by atoms with Crippen LogP contribution in [0.5, 0.6) is 5.75 Å². The molecule has 7 heteroatoms. The van der Waals surface area contributed by atoms with Crippen LogP contribution in [0.1, 0.15) is 18.4 Å². The van der Waals surface area contributed by atoms with Gasteiger partial charge in [0, 0.05) is 11.1 Å². The molecule has 0 bridgehead atoms. The number of aryl methyl sites for hydroxylation is 1. The summed E-state index contributed by atoms with van der Waals surface area (Å²) in [6.07, 6.45) is 3.37. The molecule has 4 rings (SSSR count). The minimum atomic E-state index is 0.738. The van der Waals surface area contributed by atoms with Crippen LogP contribution in [0, 0.1) is 0 Å². The van der Waals surface area contributed by atoms with Crippen molar-refractivity contribution < 1.29 is 4.74 Å². The van der Waals surface area contributed by atoms with Gasteiger partial charge < -0.3 is 4.74 Å². The lowest BCUT2D eigenvalue weighted by Gasteiger charge is -2.13. The van der Waals surface area contributed by atoms with Gasteiger partial charge in [-0.3, -0.25) is 4.57 Å². The van der Waals surface area contributed by atoms with Crippen LogP contribution in [-0.2, 0) is 6.42 Å². The van der Waals surface area contributed by atoms with Gasteiger partial charge >= 0.3 is 0 Å². The highest BCUT2D eigenvalue weighted by molar-refractivity contribution is 7.99. The summed E-state index contributed by atoms with van der Waals surface area (Å²) < 4.78 is 7.64. The minimum absolute atomic E-state index is 0.738. The lowest BCUT2D eigenvalue weighted by molar-refractivity contribution is 0.412. The Labute approximate surface area is 178 Å². The fourth-order valence-electron chi connectivity index (χ4n) is 3.12. The Bertz CT molecular complexity index is 1030. The van der Waals surface area contributed by atoms with Crippen molar-refractivity contribution in [2.24, 2.45) is 0 Å². The summed E-state index contributed by atoms with van der Waals surface area (Å²) in [5, 5.41) is 11.8. The Kier molecular flexibility index (Phi) is 6.59. The lowest BCUT2D eigenvalue weighted by Crippen LogP contribution is -2.02. The number of ether oxygens (including phenoxy) is 1. The number of methoxy groups -OCH3 is 1. The number of benzene rings is 2. The Morgan fingerprint density at radius 2 is 1.83 bits per heavy atom. The van der Waals surface area contributed by atoms with Crippen molar-refractivity contribution in [1.82, 2.24) is 19.7 Å². The van der Waals surface area contributed by atoms with Gasteiger partial charge in [-0.1, -0.05) is 54.2 Å². The second-order valence-electron chi connectivity index (χ2n) is 6.48. The van der Waals surface area contributed by atoms with Crippen LogP contribution in [-0.4, -0.2) is 32.6 Å². The molecule has 2 aromatic heterocycles. The Morgan fingerprint density at radius 3 is 2.62 bits per heavy atom. The number of hydrogen-bond acceptors (Lipinski definition) is 6. The van der Waals surface area contributed by atoms with E-state index >= 15 is 0 Å². The van der Waals surface area contributed by atoms with Crippen molar-refractivity contribution in [1.29, 1.82) is 0 Å². The van der Waals surface area contributed by atoms with E-state index in [1.54, 1.807) is 30.2 Å². The number of unbranched alkanes of at least 4 members (excludes halogenated alkanes) is 1. The minimum Gasteiger partial charge on any atom is -0.495 e. The van der Waals surface area contributed by atoms with Crippen LogP contribution in [0.25, 0.3) is 17.2 Å². The molecule has 29 heavy (non-hydrogen) atoms. The van der Waals surface area contributed by atoms with Crippen molar-refractivity contribution in [3.63, 3.8) is 0 Å². The van der Waals surface area contributed by atoms with Gasteiger partial charge in [0.25, 0.3) is 0 Å². The first-order chi connectivity index (χ1) is 14.4. The maximum Gasteiger partial charge on any atom is 0.196 e. The molecule has 5 nitrogen and oxygen atoms in total. The van der Waals surface area contributed by atoms with Crippen LogP contribution in [0.4, 0.5) is 0 Å². The molecule has 0 fully saturated rings. The Morgan fingerprint density at radius 1 is 1.00 bits per heavy atom. The van der Waals surface area contributed by atoms with Gasteiger partial charge in [0.05, 0.1) is 18.3 Å². The topological polar surface area (TPSA) is 52.8 Å². The molecule has 0 aliphatic rings. The van der Waals surface area contributed by atoms with Gasteiger partial charge in [0.2, 0.25) is 0 Å². The molecule has 2 heterocycles. The van der Waals surface area contributed by atoms with Gasteiger partial charge in [0.15, 0.2) is 11.0 Å². The van der Waals surface area contributed by atoms with E-state index in [1.165, 1.54) is 5.56 Å². The van der Waals surface area contributed by atoms with Crippen LogP contribution in [0.3, 0.4) is 0 Å². The van der Waals surface area contributed by atoms with E-state index in [2.05, 4.69) is 50.1 Å². The summed E-state index contributed by atoms with van der Waals surface area (Å²) in [6.45, 7) is 0. The summed E-state index contributed by atoms with van der Waals surface area (Å²) in [6, 6.07) is 18.6. The number of rotatable bonds is 9. The van der Waals surface area contributed by atoms with Crippen LogP contribution in [0.2, 0.25) is 0 Å². The number of nitrogens with zero attached hydrogens (tertiary/aromatic N) is 4. The third-order valence-electron chi connectivity index (χ3n) is 4.55. The second-order valence-corrected chi connectivity index (χ2v) is 8.26. The molecule has 4 aromatic rings. The maximum atomic E-state index is 5.59. The van der Waals surface area contributed by atoms with Crippen LogP contribution < -0.4 is 4.74 Å². The molecular weight excluding hydrogens is 400 g/mol. The van der Waals surface area contributed by atoms with Crippen LogP contribution in [0.15, 0.2) is 70.6 Å². The zero-order chi connectivity index (χ0) is 19.9. The van der Waals surface area contributed by atoms with E-state index in [4.69, 9.17) is 4.74 Å². The van der Waals surface area contributed by atoms with Crippen molar-refractivity contribution >= 4 is 23.1 Å². The van der Waals surface area contributed by atoms with E-state index in [-0.39, 0.29) is 0 Å². The third-order valence-corrected chi connectivity index (χ3v) is 6.16. The summed E-state index contributed by atoms with van der Waals surface area (Å²) in [4.78, 5) is 4.43. The average molecular weight is 423 g/mol. The number of hydrogen-bond donors (Lipinski definition) is 0. The van der Waals surface area contributed by atoms with E-state index in [1.807, 2.05) is 35.2 Å². The van der Waals surface area contributed by atoms with Gasteiger partial charge in [0.1, 0.15) is 11.4 Å². The highest BCUT2D eigenvalue weighted by Gasteiger charge is 2.19. The molecule has 148 valence electrons. The van der Waals surface area contributed by atoms with Crippen molar-refractivity contribution in [2.75, 3.05) is 12.9 Å². The summed E-state index contributed by atoms with van der Waals surface area (Å²) >= 11 is 3.27. The van der Waals surface area contributed by atoms with E-state index in [0.29, 0.717) is 0 Å². The quantitative estimate of drug-likeness (QED) is 0.263. The van der Waals surface area contributed by atoms with E-state index in [0.717, 1.165) is 53.1 Å². The standard InChI is InChI=1S/C22H22N4OS2/c1-27-20-13-6-5-12-19(20)26-21(18-15-28-16-23-18)24-25-22(26)29-14-8-7-11-17-9-3-2-4-10-17/h2-6,9-10,12-13,15-16H,7-8,11,14H2,1H3. The van der Waals surface area contributed by atoms with Gasteiger partial charge in [-0.2, -0.15) is 0 Å². The van der Waals surface area contributed by atoms with Gasteiger partial charge in [-0.15, -0.1) is 21.5 Å². The van der Waals surface area contributed by atoms with Crippen molar-refractivity contribution in [3.8, 4) is 23.0 Å². The zero-order valence-corrected chi connectivity index (χ0v) is 17.8. The number of para-hydroxylation sites is 2.